The molecule has 0 saturated heterocycles. The molecule has 1 aromatic heterocycles. The van der Waals surface area contributed by atoms with Crippen molar-refractivity contribution < 1.29 is 4.74 Å². The molecule has 1 aromatic carbocycles. The van der Waals surface area contributed by atoms with Crippen LogP contribution in [-0.2, 0) is 6.42 Å². The molecular weight excluding hydrogens is 318 g/mol. The number of hydrogen-bond acceptors (Lipinski definition) is 4. The van der Waals surface area contributed by atoms with Crippen LogP contribution < -0.4 is 10.1 Å². The van der Waals surface area contributed by atoms with Crippen molar-refractivity contribution in [3.05, 3.63) is 40.6 Å². The second kappa shape index (κ2) is 7.24. The van der Waals surface area contributed by atoms with E-state index in [0.717, 1.165) is 35.4 Å². The Morgan fingerprint density at radius 1 is 1.15 bits per heavy atom. The summed E-state index contributed by atoms with van der Waals surface area (Å²) < 4.78 is 6.53. The fraction of sp³-hybridized carbons (Fsp3) is 0.333. The van der Waals surface area contributed by atoms with Gasteiger partial charge >= 0.3 is 0 Å². The molecule has 20 heavy (non-hydrogen) atoms. The quantitative estimate of drug-likeness (QED) is 0.848. The Kier molecular flexibility index (Phi) is 5.35. The van der Waals surface area contributed by atoms with Crippen molar-refractivity contribution in [1.82, 2.24) is 9.97 Å². The number of benzene rings is 1. The van der Waals surface area contributed by atoms with Gasteiger partial charge in [-0.15, -0.1) is 0 Å². The Morgan fingerprint density at radius 3 is 2.55 bits per heavy atom. The van der Waals surface area contributed by atoms with Crippen molar-refractivity contribution in [1.29, 1.82) is 0 Å². The van der Waals surface area contributed by atoms with E-state index in [1.54, 1.807) is 0 Å². The Balaban J connectivity index is 2.15. The molecule has 1 N–H and O–H groups in total. The van der Waals surface area contributed by atoms with Crippen LogP contribution in [0.1, 0.15) is 25.8 Å². The second-order valence-corrected chi connectivity index (χ2v) is 5.16. The Hall–Kier alpha value is -1.62. The molecule has 0 radical (unpaired) electrons. The SMILES string of the molecule is CCCc1ccc(Oc2ncnc(NCC)c2Br)cc1. The van der Waals surface area contributed by atoms with E-state index in [4.69, 9.17) is 4.74 Å². The molecule has 0 saturated carbocycles. The van der Waals surface area contributed by atoms with Crippen molar-refractivity contribution in [2.75, 3.05) is 11.9 Å². The summed E-state index contributed by atoms with van der Waals surface area (Å²) in [4.78, 5) is 8.31. The lowest BCUT2D eigenvalue weighted by Crippen LogP contribution is -2.02. The first-order valence-electron chi connectivity index (χ1n) is 6.75. The maximum absolute atomic E-state index is 5.79. The number of rotatable bonds is 6. The topological polar surface area (TPSA) is 47.0 Å². The summed E-state index contributed by atoms with van der Waals surface area (Å²) in [6, 6.07) is 8.09. The molecular formula is C15H18BrN3O. The van der Waals surface area contributed by atoms with Gasteiger partial charge in [-0.2, -0.15) is 0 Å². The lowest BCUT2D eigenvalue weighted by molar-refractivity contribution is 0.458. The lowest BCUT2D eigenvalue weighted by Gasteiger charge is -2.10. The summed E-state index contributed by atoms with van der Waals surface area (Å²) in [5.41, 5.74) is 1.31. The summed E-state index contributed by atoms with van der Waals surface area (Å²) in [5, 5.41) is 3.15. The molecule has 0 atom stereocenters. The van der Waals surface area contributed by atoms with E-state index in [9.17, 15) is 0 Å². The molecule has 5 heteroatoms. The number of halogens is 1. The predicted octanol–water partition coefficient (Wildman–Crippen LogP) is 4.42. The highest BCUT2D eigenvalue weighted by molar-refractivity contribution is 9.10. The highest BCUT2D eigenvalue weighted by atomic mass is 79.9. The molecule has 0 aliphatic rings. The lowest BCUT2D eigenvalue weighted by atomic mass is 10.1. The van der Waals surface area contributed by atoms with Gasteiger partial charge in [0.2, 0.25) is 5.88 Å². The fourth-order valence-electron chi connectivity index (χ4n) is 1.84. The third-order valence-electron chi connectivity index (χ3n) is 2.78. The first-order chi connectivity index (χ1) is 9.74. The maximum atomic E-state index is 5.79. The molecule has 0 aliphatic heterocycles. The minimum atomic E-state index is 0.513. The van der Waals surface area contributed by atoms with Crippen LogP contribution >= 0.6 is 15.9 Å². The summed E-state index contributed by atoms with van der Waals surface area (Å²) >= 11 is 3.47. The Bertz CT molecular complexity index is 558. The van der Waals surface area contributed by atoms with Crippen LogP contribution in [0.25, 0.3) is 0 Å². The van der Waals surface area contributed by atoms with Crippen LogP contribution in [0.2, 0.25) is 0 Å². The average Bonchev–Trinajstić information content (AvgIpc) is 2.46. The van der Waals surface area contributed by atoms with Crippen molar-refractivity contribution >= 4 is 21.7 Å². The zero-order chi connectivity index (χ0) is 14.4. The van der Waals surface area contributed by atoms with Gasteiger partial charge in [0.05, 0.1) is 0 Å². The maximum Gasteiger partial charge on any atom is 0.238 e. The molecule has 0 fully saturated rings. The third kappa shape index (κ3) is 3.70. The summed E-state index contributed by atoms with van der Waals surface area (Å²) in [5.74, 6) is 2.02. The van der Waals surface area contributed by atoms with Crippen molar-refractivity contribution in [2.45, 2.75) is 26.7 Å². The largest absolute Gasteiger partial charge is 0.438 e. The molecule has 2 rings (SSSR count). The minimum absolute atomic E-state index is 0.513. The van der Waals surface area contributed by atoms with Crippen molar-refractivity contribution in [3.8, 4) is 11.6 Å². The van der Waals surface area contributed by atoms with E-state index >= 15 is 0 Å². The smallest absolute Gasteiger partial charge is 0.238 e. The summed E-state index contributed by atoms with van der Waals surface area (Å²) in [6.07, 6.45) is 3.72. The fourth-order valence-corrected chi connectivity index (χ4v) is 2.27. The first-order valence-corrected chi connectivity index (χ1v) is 7.55. The van der Waals surface area contributed by atoms with Gasteiger partial charge in [0.15, 0.2) is 0 Å². The highest BCUT2D eigenvalue weighted by Gasteiger charge is 2.10. The molecule has 0 unspecified atom stereocenters. The zero-order valence-corrected chi connectivity index (χ0v) is 13.3. The summed E-state index contributed by atoms with van der Waals surface area (Å²) in [6.45, 7) is 4.98. The van der Waals surface area contributed by atoms with Gasteiger partial charge in [-0.25, -0.2) is 9.97 Å². The monoisotopic (exact) mass is 335 g/mol. The van der Waals surface area contributed by atoms with Crippen molar-refractivity contribution in [2.24, 2.45) is 0 Å². The molecule has 0 aliphatic carbocycles. The number of ether oxygens (including phenoxy) is 1. The van der Waals surface area contributed by atoms with Crippen LogP contribution in [0, 0.1) is 0 Å². The minimum Gasteiger partial charge on any atom is -0.438 e. The average molecular weight is 336 g/mol. The Morgan fingerprint density at radius 2 is 1.90 bits per heavy atom. The van der Waals surface area contributed by atoms with Crippen LogP contribution in [-0.4, -0.2) is 16.5 Å². The van der Waals surface area contributed by atoms with E-state index in [0.29, 0.717) is 5.88 Å². The molecule has 0 amide bonds. The van der Waals surface area contributed by atoms with Gasteiger partial charge in [-0.05, 0) is 47.0 Å². The highest BCUT2D eigenvalue weighted by Crippen LogP contribution is 2.31. The first kappa shape index (κ1) is 14.8. The van der Waals surface area contributed by atoms with E-state index in [-0.39, 0.29) is 0 Å². The van der Waals surface area contributed by atoms with Crippen LogP contribution in [0.5, 0.6) is 11.6 Å². The number of nitrogens with zero attached hydrogens (tertiary/aromatic N) is 2. The molecule has 106 valence electrons. The Labute approximate surface area is 127 Å². The van der Waals surface area contributed by atoms with Gasteiger partial charge in [0.25, 0.3) is 0 Å². The van der Waals surface area contributed by atoms with E-state index in [1.807, 2.05) is 19.1 Å². The number of aromatic nitrogens is 2. The number of nitrogens with one attached hydrogen (secondary N) is 1. The van der Waals surface area contributed by atoms with Gasteiger partial charge < -0.3 is 10.1 Å². The standard InChI is InChI=1S/C15H18BrN3O/c1-3-5-11-6-8-12(9-7-11)20-15-13(16)14(17-4-2)18-10-19-15/h6-10H,3-5H2,1-2H3,(H,17,18,19). The number of hydrogen-bond donors (Lipinski definition) is 1. The molecule has 0 bridgehead atoms. The van der Waals surface area contributed by atoms with Gasteiger partial charge in [-0.3, -0.25) is 0 Å². The van der Waals surface area contributed by atoms with Crippen molar-refractivity contribution in [3.63, 3.8) is 0 Å². The van der Waals surface area contributed by atoms with Gasteiger partial charge in [0.1, 0.15) is 22.4 Å². The third-order valence-corrected chi connectivity index (χ3v) is 3.49. The molecule has 1 heterocycles. The molecule has 4 nitrogen and oxygen atoms in total. The zero-order valence-electron chi connectivity index (χ0n) is 11.7. The normalized spacial score (nSPS) is 10.3. The molecule has 2 aromatic rings. The van der Waals surface area contributed by atoms with Gasteiger partial charge in [-0.1, -0.05) is 25.5 Å². The summed E-state index contributed by atoms with van der Waals surface area (Å²) in [7, 11) is 0. The molecule has 0 spiro atoms. The van der Waals surface area contributed by atoms with Crippen LogP contribution in [0.15, 0.2) is 35.1 Å². The van der Waals surface area contributed by atoms with Gasteiger partial charge in [0, 0.05) is 6.54 Å². The van der Waals surface area contributed by atoms with E-state index in [1.165, 1.54) is 11.9 Å². The van der Waals surface area contributed by atoms with Crippen LogP contribution in [0.3, 0.4) is 0 Å². The number of aryl methyl sites for hydroxylation is 1. The van der Waals surface area contributed by atoms with E-state index in [2.05, 4.69) is 50.3 Å². The number of anilines is 1. The van der Waals surface area contributed by atoms with E-state index < -0.39 is 0 Å². The van der Waals surface area contributed by atoms with Crippen LogP contribution in [0.4, 0.5) is 5.82 Å². The second-order valence-electron chi connectivity index (χ2n) is 4.37. The predicted molar refractivity (Wildman–Crippen MR) is 84.4 cm³/mol.